The lowest BCUT2D eigenvalue weighted by Gasteiger charge is -2.14. The summed E-state index contributed by atoms with van der Waals surface area (Å²) in [4.78, 5) is 22.6. The molecule has 6 heteroatoms. The van der Waals surface area contributed by atoms with Gasteiger partial charge in [-0.05, 0) is 18.8 Å². The highest BCUT2D eigenvalue weighted by atomic mass is 35.5. The van der Waals surface area contributed by atoms with Crippen molar-refractivity contribution in [2.45, 2.75) is 38.8 Å². The van der Waals surface area contributed by atoms with Gasteiger partial charge < -0.3 is 16.4 Å². The zero-order valence-electron chi connectivity index (χ0n) is 9.66. The summed E-state index contributed by atoms with van der Waals surface area (Å²) in [7, 11) is 0. The molecule has 1 fully saturated rings. The Kier molecular flexibility index (Phi) is 6.36. The standard InChI is InChI=1S/C10H19N3O2.ClH/c1-6(2)9(11)10(15)12-5-8(14)13-7-3-4-7;/h6-7,9H,3-5,11H2,1-2H3,(H,12,15)(H,13,14);1H. The number of halogens is 1. The van der Waals surface area contributed by atoms with E-state index in [0.717, 1.165) is 12.8 Å². The van der Waals surface area contributed by atoms with Crippen molar-refractivity contribution in [1.29, 1.82) is 0 Å². The summed E-state index contributed by atoms with van der Waals surface area (Å²) in [5, 5.41) is 5.30. The molecule has 0 saturated heterocycles. The number of rotatable bonds is 5. The molecule has 16 heavy (non-hydrogen) atoms. The van der Waals surface area contributed by atoms with Crippen LogP contribution in [0.1, 0.15) is 26.7 Å². The Bertz CT molecular complexity index is 254. The van der Waals surface area contributed by atoms with Gasteiger partial charge >= 0.3 is 0 Å². The van der Waals surface area contributed by atoms with Crippen LogP contribution in [-0.2, 0) is 9.59 Å². The number of hydrogen-bond acceptors (Lipinski definition) is 3. The minimum Gasteiger partial charge on any atom is -0.352 e. The molecule has 0 bridgehead atoms. The maximum absolute atomic E-state index is 11.4. The van der Waals surface area contributed by atoms with Crippen LogP contribution in [0.15, 0.2) is 0 Å². The van der Waals surface area contributed by atoms with E-state index in [1.165, 1.54) is 0 Å². The fraction of sp³-hybridized carbons (Fsp3) is 0.800. The number of nitrogens with two attached hydrogens (primary N) is 1. The van der Waals surface area contributed by atoms with Gasteiger partial charge in [-0.2, -0.15) is 0 Å². The van der Waals surface area contributed by atoms with Gasteiger partial charge in [-0.3, -0.25) is 9.59 Å². The summed E-state index contributed by atoms with van der Waals surface area (Å²) >= 11 is 0. The molecule has 0 aromatic carbocycles. The predicted molar refractivity (Wildman–Crippen MR) is 64.2 cm³/mol. The Morgan fingerprint density at radius 1 is 1.38 bits per heavy atom. The van der Waals surface area contributed by atoms with Crippen molar-refractivity contribution in [3.63, 3.8) is 0 Å². The van der Waals surface area contributed by atoms with Gasteiger partial charge in [0.1, 0.15) is 0 Å². The molecule has 1 rings (SSSR count). The lowest BCUT2D eigenvalue weighted by atomic mass is 10.1. The van der Waals surface area contributed by atoms with E-state index >= 15 is 0 Å². The van der Waals surface area contributed by atoms with Gasteiger partial charge in [-0.15, -0.1) is 12.4 Å². The van der Waals surface area contributed by atoms with Crippen LogP contribution in [0.4, 0.5) is 0 Å². The average Bonchev–Trinajstić information content (AvgIpc) is 2.96. The first-order valence-electron chi connectivity index (χ1n) is 5.33. The second kappa shape index (κ2) is 6.70. The van der Waals surface area contributed by atoms with Crippen molar-refractivity contribution in [2.75, 3.05) is 6.54 Å². The average molecular weight is 250 g/mol. The smallest absolute Gasteiger partial charge is 0.239 e. The minimum absolute atomic E-state index is 0. The molecular formula is C10H20ClN3O2. The molecule has 1 aliphatic rings. The molecule has 4 N–H and O–H groups in total. The number of nitrogens with one attached hydrogen (secondary N) is 2. The normalized spacial score (nSPS) is 16.2. The zero-order valence-corrected chi connectivity index (χ0v) is 10.5. The van der Waals surface area contributed by atoms with Crippen LogP contribution in [0.5, 0.6) is 0 Å². The molecule has 1 atom stereocenters. The van der Waals surface area contributed by atoms with Gasteiger partial charge in [-0.1, -0.05) is 13.8 Å². The summed E-state index contributed by atoms with van der Waals surface area (Å²) in [6.45, 7) is 3.76. The summed E-state index contributed by atoms with van der Waals surface area (Å²) in [6.07, 6.45) is 2.09. The van der Waals surface area contributed by atoms with Crippen LogP contribution in [-0.4, -0.2) is 30.4 Å². The van der Waals surface area contributed by atoms with Gasteiger partial charge in [0, 0.05) is 6.04 Å². The molecule has 0 spiro atoms. The molecule has 1 saturated carbocycles. The van der Waals surface area contributed by atoms with Crippen molar-refractivity contribution < 1.29 is 9.59 Å². The van der Waals surface area contributed by atoms with E-state index in [-0.39, 0.29) is 36.7 Å². The molecule has 0 aliphatic heterocycles. The molecule has 0 aromatic heterocycles. The summed E-state index contributed by atoms with van der Waals surface area (Å²) in [5.41, 5.74) is 5.62. The van der Waals surface area contributed by atoms with Crippen molar-refractivity contribution >= 4 is 24.2 Å². The van der Waals surface area contributed by atoms with Crippen LogP contribution in [0, 0.1) is 5.92 Å². The lowest BCUT2D eigenvalue weighted by molar-refractivity contribution is -0.127. The molecule has 0 aromatic rings. The zero-order chi connectivity index (χ0) is 11.4. The lowest BCUT2D eigenvalue weighted by Crippen LogP contribution is -2.47. The molecule has 0 radical (unpaired) electrons. The number of amides is 2. The quantitative estimate of drug-likeness (QED) is 0.630. The van der Waals surface area contributed by atoms with Crippen LogP contribution in [0.3, 0.4) is 0 Å². The summed E-state index contributed by atoms with van der Waals surface area (Å²) < 4.78 is 0. The van der Waals surface area contributed by atoms with Gasteiger partial charge in [0.25, 0.3) is 0 Å². The maximum atomic E-state index is 11.4. The first-order chi connectivity index (χ1) is 7.00. The maximum Gasteiger partial charge on any atom is 0.239 e. The van der Waals surface area contributed by atoms with E-state index < -0.39 is 6.04 Å². The third-order valence-electron chi connectivity index (χ3n) is 2.39. The molecule has 1 aliphatic carbocycles. The van der Waals surface area contributed by atoms with E-state index in [2.05, 4.69) is 10.6 Å². The van der Waals surface area contributed by atoms with E-state index in [9.17, 15) is 9.59 Å². The largest absolute Gasteiger partial charge is 0.352 e. The van der Waals surface area contributed by atoms with E-state index in [1.807, 2.05) is 13.8 Å². The summed E-state index contributed by atoms with van der Waals surface area (Å²) in [6, 6.07) is -0.216. The Balaban J connectivity index is 0.00000225. The highest BCUT2D eigenvalue weighted by molar-refractivity contribution is 5.87. The third kappa shape index (κ3) is 5.32. The topological polar surface area (TPSA) is 84.2 Å². The molecular weight excluding hydrogens is 230 g/mol. The van der Waals surface area contributed by atoms with Gasteiger partial charge in [0.05, 0.1) is 12.6 Å². The van der Waals surface area contributed by atoms with E-state index in [0.29, 0.717) is 6.04 Å². The third-order valence-corrected chi connectivity index (χ3v) is 2.39. The second-order valence-electron chi connectivity index (χ2n) is 4.33. The first-order valence-corrected chi connectivity index (χ1v) is 5.33. The number of hydrogen-bond donors (Lipinski definition) is 3. The molecule has 2 amide bonds. The minimum atomic E-state index is -0.543. The first kappa shape index (κ1) is 15.2. The van der Waals surface area contributed by atoms with Crippen molar-refractivity contribution in [2.24, 2.45) is 11.7 Å². The Morgan fingerprint density at radius 2 is 1.94 bits per heavy atom. The molecule has 0 heterocycles. The van der Waals surface area contributed by atoms with E-state index in [4.69, 9.17) is 5.73 Å². The summed E-state index contributed by atoms with van der Waals surface area (Å²) in [5.74, 6) is -0.325. The monoisotopic (exact) mass is 249 g/mol. The highest BCUT2D eigenvalue weighted by Gasteiger charge is 2.23. The SMILES string of the molecule is CC(C)C(N)C(=O)NCC(=O)NC1CC1.Cl. The molecule has 5 nitrogen and oxygen atoms in total. The van der Waals surface area contributed by atoms with Gasteiger partial charge in [0.2, 0.25) is 11.8 Å². The van der Waals surface area contributed by atoms with Crippen molar-refractivity contribution in [3.8, 4) is 0 Å². The predicted octanol–water partition coefficient (Wildman–Crippen LogP) is -0.214. The van der Waals surface area contributed by atoms with Crippen LogP contribution in [0.2, 0.25) is 0 Å². The highest BCUT2D eigenvalue weighted by Crippen LogP contribution is 2.18. The van der Waals surface area contributed by atoms with Crippen LogP contribution >= 0.6 is 12.4 Å². The fourth-order valence-electron chi connectivity index (χ4n) is 1.09. The Morgan fingerprint density at radius 3 is 2.38 bits per heavy atom. The van der Waals surface area contributed by atoms with Crippen LogP contribution < -0.4 is 16.4 Å². The van der Waals surface area contributed by atoms with Crippen molar-refractivity contribution in [1.82, 2.24) is 10.6 Å². The second-order valence-corrected chi connectivity index (χ2v) is 4.33. The van der Waals surface area contributed by atoms with E-state index in [1.54, 1.807) is 0 Å². The Labute approximate surface area is 102 Å². The Hall–Kier alpha value is -0.810. The molecule has 1 unspecified atom stereocenters. The van der Waals surface area contributed by atoms with Crippen molar-refractivity contribution in [3.05, 3.63) is 0 Å². The fourth-order valence-corrected chi connectivity index (χ4v) is 1.09. The van der Waals surface area contributed by atoms with Gasteiger partial charge in [-0.25, -0.2) is 0 Å². The van der Waals surface area contributed by atoms with Crippen LogP contribution in [0.25, 0.3) is 0 Å². The van der Waals surface area contributed by atoms with Gasteiger partial charge in [0.15, 0.2) is 0 Å². The molecule has 94 valence electrons. The number of carbonyl (C=O) groups excluding carboxylic acids is 2. The number of carbonyl (C=O) groups is 2.